The Balaban J connectivity index is 1.99. The number of benzene rings is 1. The maximum atomic E-state index is 12.6. The topological polar surface area (TPSA) is 32.3 Å². The van der Waals surface area contributed by atoms with E-state index in [0.717, 1.165) is 31.6 Å². The lowest BCUT2D eigenvalue weighted by Crippen LogP contribution is -2.33. The molecule has 1 aromatic rings. The van der Waals surface area contributed by atoms with Gasteiger partial charge in [0.2, 0.25) is 5.91 Å². The number of anilines is 1. The summed E-state index contributed by atoms with van der Waals surface area (Å²) in [5.74, 6) is 0.848. The first-order valence-electron chi connectivity index (χ1n) is 8.08. The van der Waals surface area contributed by atoms with Gasteiger partial charge in [0, 0.05) is 18.7 Å². The Morgan fingerprint density at radius 2 is 2.00 bits per heavy atom. The lowest BCUT2D eigenvalue weighted by atomic mass is 9.93. The van der Waals surface area contributed by atoms with Crippen LogP contribution in [-0.4, -0.2) is 25.5 Å². The van der Waals surface area contributed by atoms with Gasteiger partial charge in [-0.1, -0.05) is 30.1 Å². The van der Waals surface area contributed by atoms with Crippen molar-refractivity contribution in [2.24, 2.45) is 5.92 Å². The quantitative estimate of drug-likeness (QED) is 0.824. The highest BCUT2D eigenvalue weighted by Crippen LogP contribution is 2.28. The minimum atomic E-state index is 0.179. The van der Waals surface area contributed by atoms with Gasteiger partial charge >= 0.3 is 0 Å². The summed E-state index contributed by atoms with van der Waals surface area (Å²) in [4.78, 5) is 14.4. The maximum absolute atomic E-state index is 12.6. The zero-order chi connectivity index (χ0) is 15.9. The SMILES string of the molecule is CCCN(C(=O)CCC1CCNCC1)c1ccc(Cl)c(Cl)c1. The molecule has 0 unspecified atom stereocenters. The number of hydrogen-bond donors (Lipinski definition) is 1. The molecule has 1 amide bonds. The van der Waals surface area contributed by atoms with Gasteiger partial charge in [0.25, 0.3) is 0 Å². The van der Waals surface area contributed by atoms with E-state index in [4.69, 9.17) is 23.2 Å². The second kappa shape index (κ2) is 8.76. The van der Waals surface area contributed by atoms with Crippen molar-refractivity contribution in [2.75, 3.05) is 24.5 Å². The van der Waals surface area contributed by atoms with Gasteiger partial charge in [-0.2, -0.15) is 0 Å². The van der Waals surface area contributed by atoms with E-state index in [1.165, 1.54) is 12.8 Å². The van der Waals surface area contributed by atoms with Crippen LogP contribution in [0.15, 0.2) is 18.2 Å². The molecule has 1 saturated heterocycles. The largest absolute Gasteiger partial charge is 0.317 e. The zero-order valence-electron chi connectivity index (χ0n) is 13.1. The second-order valence-corrected chi connectivity index (χ2v) is 6.69. The van der Waals surface area contributed by atoms with Crippen LogP contribution < -0.4 is 10.2 Å². The van der Waals surface area contributed by atoms with Crippen LogP contribution in [0.3, 0.4) is 0 Å². The number of hydrogen-bond acceptors (Lipinski definition) is 2. The molecule has 2 rings (SSSR count). The van der Waals surface area contributed by atoms with Crippen LogP contribution in [0.2, 0.25) is 10.0 Å². The average molecular weight is 343 g/mol. The van der Waals surface area contributed by atoms with Crippen molar-refractivity contribution in [1.82, 2.24) is 5.32 Å². The molecular formula is C17H24Cl2N2O. The third kappa shape index (κ3) is 4.87. The minimum Gasteiger partial charge on any atom is -0.317 e. The van der Waals surface area contributed by atoms with Crippen molar-refractivity contribution in [3.63, 3.8) is 0 Å². The van der Waals surface area contributed by atoms with Crippen molar-refractivity contribution in [3.05, 3.63) is 28.2 Å². The van der Waals surface area contributed by atoms with Crippen molar-refractivity contribution in [2.45, 2.75) is 39.0 Å². The maximum Gasteiger partial charge on any atom is 0.226 e. The van der Waals surface area contributed by atoms with Crippen LogP contribution in [0, 0.1) is 5.92 Å². The van der Waals surface area contributed by atoms with E-state index in [2.05, 4.69) is 12.2 Å². The van der Waals surface area contributed by atoms with Crippen LogP contribution in [0.1, 0.15) is 39.0 Å². The minimum absolute atomic E-state index is 0.179. The first kappa shape index (κ1) is 17.6. The lowest BCUT2D eigenvalue weighted by Gasteiger charge is -2.26. The summed E-state index contributed by atoms with van der Waals surface area (Å²) in [6, 6.07) is 5.40. The van der Waals surface area contributed by atoms with Gasteiger partial charge < -0.3 is 10.2 Å². The fraction of sp³-hybridized carbons (Fsp3) is 0.588. The Hall–Kier alpha value is -0.770. The van der Waals surface area contributed by atoms with E-state index in [0.29, 0.717) is 28.9 Å². The molecule has 0 aliphatic carbocycles. The molecule has 0 atom stereocenters. The molecule has 22 heavy (non-hydrogen) atoms. The fourth-order valence-electron chi connectivity index (χ4n) is 2.91. The van der Waals surface area contributed by atoms with Crippen LogP contribution in [-0.2, 0) is 4.79 Å². The zero-order valence-corrected chi connectivity index (χ0v) is 14.6. The third-order valence-electron chi connectivity index (χ3n) is 4.19. The number of amides is 1. The van der Waals surface area contributed by atoms with Gasteiger partial charge in [0.1, 0.15) is 0 Å². The molecule has 1 N–H and O–H groups in total. The molecule has 3 nitrogen and oxygen atoms in total. The molecule has 1 heterocycles. The highest BCUT2D eigenvalue weighted by molar-refractivity contribution is 6.42. The molecule has 0 aromatic heterocycles. The van der Waals surface area contributed by atoms with E-state index in [9.17, 15) is 4.79 Å². The van der Waals surface area contributed by atoms with Crippen LogP contribution in [0.5, 0.6) is 0 Å². The highest BCUT2D eigenvalue weighted by Gasteiger charge is 2.19. The number of halogens is 2. The predicted octanol–water partition coefficient (Wildman–Crippen LogP) is 4.52. The number of nitrogens with one attached hydrogen (secondary N) is 1. The van der Waals surface area contributed by atoms with Gasteiger partial charge in [-0.05, 0) is 62.9 Å². The monoisotopic (exact) mass is 342 g/mol. The molecule has 0 saturated carbocycles. The van der Waals surface area contributed by atoms with Gasteiger partial charge in [-0.25, -0.2) is 0 Å². The summed E-state index contributed by atoms with van der Waals surface area (Å²) >= 11 is 12.0. The molecule has 0 radical (unpaired) electrons. The van der Waals surface area contributed by atoms with Gasteiger partial charge in [0.15, 0.2) is 0 Å². The Bertz CT molecular complexity index is 501. The summed E-state index contributed by atoms with van der Waals surface area (Å²) in [6.45, 7) is 4.93. The summed E-state index contributed by atoms with van der Waals surface area (Å²) in [6.07, 6.45) is 4.84. The van der Waals surface area contributed by atoms with Crippen LogP contribution >= 0.6 is 23.2 Å². The molecule has 5 heteroatoms. The standard InChI is InChI=1S/C17H24Cl2N2O/c1-2-11-21(14-4-5-15(18)16(19)12-14)17(22)6-3-13-7-9-20-10-8-13/h4-5,12-13,20H,2-3,6-11H2,1H3. The van der Waals surface area contributed by atoms with Crippen molar-refractivity contribution >= 4 is 34.8 Å². The van der Waals surface area contributed by atoms with Gasteiger partial charge in [-0.15, -0.1) is 0 Å². The molecule has 1 aliphatic heterocycles. The molecular weight excluding hydrogens is 319 g/mol. The van der Waals surface area contributed by atoms with Crippen molar-refractivity contribution in [1.29, 1.82) is 0 Å². The first-order chi connectivity index (χ1) is 10.6. The van der Waals surface area contributed by atoms with E-state index in [1.807, 2.05) is 11.0 Å². The van der Waals surface area contributed by atoms with E-state index >= 15 is 0 Å². The number of piperidine rings is 1. The van der Waals surface area contributed by atoms with Crippen molar-refractivity contribution in [3.8, 4) is 0 Å². The summed E-state index contributed by atoms with van der Waals surface area (Å²) in [5, 5.41) is 4.37. The Morgan fingerprint density at radius 1 is 1.27 bits per heavy atom. The van der Waals surface area contributed by atoms with E-state index in [-0.39, 0.29) is 5.91 Å². The number of rotatable bonds is 6. The normalized spacial score (nSPS) is 15.8. The number of carbonyl (C=O) groups is 1. The summed E-state index contributed by atoms with van der Waals surface area (Å²) in [7, 11) is 0. The summed E-state index contributed by atoms with van der Waals surface area (Å²) < 4.78 is 0. The summed E-state index contributed by atoms with van der Waals surface area (Å²) in [5.41, 5.74) is 0.839. The first-order valence-corrected chi connectivity index (χ1v) is 8.83. The fourth-order valence-corrected chi connectivity index (χ4v) is 3.20. The number of nitrogens with zero attached hydrogens (tertiary/aromatic N) is 1. The smallest absolute Gasteiger partial charge is 0.226 e. The third-order valence-corrected chi connectivity index (χ3v) is 4.93. The molecule has 122 valence electrons. The average Bonchev–Trinajstić information content (AvgIpc) is 2.54. The number of carbonyl (C=O) groups excluding carboxylic acids is 1. The molecule has 1 aliphatic rings. The second-order valence-electron chi connectivity index (χ2n) is 5.88. The molecule has 1 fully saturated rings. The van der Waals surface area contributed by atoms with E-state index in [1.54, 1.807) is 12.1 Å². The molecule has 0 spiro atoms. The van der Waals surface area contributed by atoms with Crippen LogP contribution in [0.4, 0.5) is 5.69 Å². The van der Waals surface area contributed by atoms with E-state index < -0.39 is 0 Å². The Morgan fingerprint density at radius 3 is 2.64 bits per heavy atom. The molecule has 0 bridgehead atoms. The lowest BCUT2D eigenvalue weighted by molar-refractivity contribution is -0.119. The van der Waals surface area contributed by atoms with Crippen LogP contribution in [0.25, 0.3) is 0 Å². The Kier molecular flexibility index (Phi) is 7.00. The highest BCUT2D eigenvalue weighted by atomic mass is 35.5. The molecule has 1 aromatic carbocycles. The van der Waals surface area contributed by atoms with Crippen molar-refractivity contribution < 1.29 is 4.79 Å². The Labute approximate surface area is 143 Å². The van der Waals surface area contributed by atoms with Gasteiger partial charge in [-0.3, -0.25) is 4.79 Å². The predicted molar refractivity (Wildman–Crippen MR) is 93.9 cm³/mol. The van der Waals surface area contributed by atoms with Gasteiger partial charge in [0.05, 0.1) is 10.0 Å².